The first-order valence-electron chi connectivity index (χ1n) is 8.92. The van der Waals surface area contributed by atoms with E-state index < -0.39 is 9.84 Å². The second-order valence-electron chi connectivity index (χ2n) is 7.06. The van der Waals surface area contributed by atoms with Crippen LogP contribution < -0.4 is 10.2 Å². The van der Waals surface area contributed by atoms with Crippen LogP contribution in [0.25, 0.3) is 0 Å². The Bertz CT molecular complexity index is 714. The molecule has 3 rings (SSSR count). The van der Waals surface area contributed by atoms with E-state index in [0.29, 0.717) is 24.6 Å². The summed E-state index contributed by atoms with van der Waals surface area (Å²) in [5.74, 6) is 0.551. The maximum absolute atomic E-state index is 12.6. The number of benzene rings is 1. The molecular formula is C18H26N2O4S. The number of carbonyl (C=O) groups is 1. The Morgan fingerprint density at radius 3 is 2.60 bits per heavy atom. The molecule has 25 heavy (non-hydrogen) atoms. The molecule has 7 heteroatoms. The van der Waals surface area contributed by atoms with Crippen LogP contribution in [0.4, 0.5) is 5.69 Å². The summed E-state index contributed by atoms with van der Waals surface area (Å²) in [6.07, 6.45) is 2.12. The first-order valence-corrected chi connectivity index (χ1v) is 10.7. The van der Waals surface area contributed by atoms with E-state index in [1.807, 2.05) is 30.0 Å². The summed E-state index contributed by atoms with van der Waals surface area (Å²) in [4.78, 5) is 14.6. The molecule has 1 amide bonds. The predicted octanol–water partition coefficient (Wildman–Crippen LogP) is 1.20. The Morgan fingerprint density at radius 2 is 2.00 bits per heavy atom. The zero-order valence-electron chi connectivity index (χ0n) is 14.5. The standard InChI is InChI=1S/C18H26N2O4S/c1-2-17(14-11-16(21)12-14)19-18(22)13-4-3-5-15(10-13)20-6-8-25(23,24)9-7-20/h3-5,10,14,16-17,21H,2,6-9,11-12H2,1H3,(H,19,22)/t14?,16?,17-/m0/s1. The summed E-state index contributed by atoms with van der Waals surface area (Å²) in [7, 11) is -2.92. The number of carbonyl (C=O) groups excluding carboxylic acids is 1. The van der Waals surface area contributed by atoms with E-state index in [4.69, 9.17) is 0 Å². The van der Waals surface area contributed by atoms with Gasteiger partial charge in [-0.2, -0.15) is 0 Å². The van der Waals surface area contributed by atoms with Gasteiger partial charge in [0.2, 0.25) is 0 Å². The molecule has 1 aromatic carbocycles. The van der Waals surface area contributed by atoms with Crippen molar-refractivity contribution in [2.75, 3.05) is 29.5 Å². The number of nitrogens with zero attached hydrogens (tertiary/aromatic N) is 1. The molecule has 1 aromatic rings. The third-order valence-corrected chi connectivity index (χ3v) is 6.90. The van der Waals surface area contributed by atoms with Gasteiger partial charge in [0.15, 0.2) is 9.84 Å². The van der Waals surface area contributed by atoms with Gasteiger partial charge >= 0.3 is 0 Å². The molecule has 0 radical (unpaired) electrons. The van der Waals surface area contributed by atoms with Crippen LogP contribution in [0.15, 0.2) is 24.3 Å². The van der Waals surface area contributed by atoms with Crippen LogP contribution in [0.1, 0.15) is 36.5 Å². The number of aliphatic hydroxyl groups is 1. The molecule has 1 atom stereocenters. The first kappa shape index (κ1) is 18.2. The molecule has 0 spiro atoms. The summed E-state index contributed by atoms with van der Waals surface area (Å²) >= 11 is 0. The largest absolute Gasteiger partial charge is 0.393 e. The summed E-state index contributed by atoms with van der Waals surface area (Å²) < 4.78 is 23.1. The Balaban J connectivity index is 1.65. The third-order valence-electron chi connectivity index (χ3n) is 5.29. The third kappa shape index (κ3) is 4.33. The summed E-state index contributed by atoms with van der Waals surface area (Å²) in [6.45, 7) is 2.97. The minimum atomic E-state index is -2.92. The first-order chi connectivity index (χ1) is 11.9. The van der Waals surface area contributed by atoms with Gasteiger partial charge in [-0.05, 0) is 43.4 Å². The Kier molecular flexibility index (Phi) is 5.34. The van der Waals surface area contributed by atoms with Crippen molar-refractivity contribution in [2.24, 2.45) is 5.92 Å². The Labute approximate surface area is 149 Å². The van der Waals surface area contributed by atoms with Gasteiger partial charge in [0.1, 0.15) is 0 Å². The van der Waals surface area contributed by atoms with Gasteiger partial charge in [-0.3, -0.25) is 4.79 Å². The number of amides is 1. The quantitative estimate of drug-likeness (QED) is 0.818. The second kappa shape index (κ2) is 7.33. The fraction of sp³-hybridized carbons (Fsp3) is 0.611. The number of nitrogens with one attached hydrogen (secondary N) is 1. The maximum atomic E-state index is 12.6. The van der Waals surface area contributed by atoms with Gasteiger partial charge in [0, 0.05) is 30.4 Å². The van der Waals surface area contributed by atoms with Crippen LogP contribution in [0, 0.1) is 5.92 Å². The minimum absolute atomic E-state index is 0.0830. The molecule has 2 aliphatic rings. The number of aliphatic hydroxyl groups excluding tert-OH is 1. The molecule has 0 bridgehead atoms. The SMILES string of the molecule is CC[C@H](NC(=O)c1cccc(N2CCS(=O)(=O)CC2)c1)C1CC(O)C1. The maximum Gasteiger partial charge on any atom is 0.251 e. The fourth-order valence-electron chi connectivity index (χ4n) is 3.58. The molecule has 2 fully saturated rings. The normalized spacial score (nSPS) is 26.6. The summed E-state index contributed by atoms with van der Waals surface area (Å²) in [6, 6.07) is 7.44. The highest BCUT2D eigenvalue weighted by atomic mass is 32.2. The van der Waals surface area contributed by atoms with Gasteiger partial charge in [-0.25, -0.2) is 8.42 Å². The van der Waals surface area contributed by atoms with E-state index in [9.17, 15) is 18.3 Å². The van der Waals surface area contributed by atoms with Gasteiger partial charge < -0.3 is 15.3 Å². The molecule has 1 saturated heterocycles. The molecule has 1 aliphatic carbocycles. The predicted molar refractivity (Wildman–Crippen MR) is 97.6 cm³/mol. The van der Waals surface area contributed by atoms with Gasteiger partial charge in [-0.15, -0.1) is 0 Å². The van der Waals surface area contributed by atoms with Crippen LogP contribution >= 0.6 is 0 Å². The van der Waals surface area contributed by atoms with E-state index in [-0.39, 0.29) is 29.6 Å². The lowest BCUT2D eigenvalue weighted by Crippen LogP contribution is -2.46. The van der Waals surface area contributed by atoms with Crippen LogP contribution in [-0.4, -0.2) is 56.2 Å². The molecule has 6 nitrogen and oxygen atoms in total. The van der Waals surface area contributed by atoms with Crippen molar-refractivity contribution in [1.82, 2.24) is 5.32 Å². The number of sulfone groups is 1. The molecule has 1 saturated carbocycles. The molecule has 1 heterocycles. The zero-order chi connectivity index (χ0) is 18.0. The highest BCUT2D eigenvalue weighted by molar-refractivity contribution is 7.91. The van der Waals surface area contributed by atoms with Gasteiger partial charge in [-0.1, -0.05) is 13.0 Å². The van der Waals surface area contributed by atoms with Crippen molar-refractivity contribution in [3.05, 3.63) is 29.8 Å². The summed E-state index contributed by atoms with van der Waals surface area (Å²) in [5, 5.41) is 12.6. The number of hydrogen-bond acceptors (Lipinski definition) is 5. The summed E-state index contributed by atoms with van der Waals surface area (Å²) in [5.41, 5.74) is 1.47. The lowest BCUT2D eigenvalue weighted by atomic mass is 9.76. The average Bonchev–Trinajstić information content (AvgIpc) is 2.57. The highest BCUT2D eigenvalue weighted by Gasteiger charge is 2.34. The van der Waals surface area contributed by atoms with E-state index in [1.54, 1.807) is 6.07 Å². The lowest BCUT2D eigenvalue weighted by Gasteiger charge is -2.37. The van der Waals surface area contributed by atoms with Crippen molar-refractivity contribution in [3.8, 4) is 0 Å². The van der Waals surface area contributed by atoms with Gasteiger partial charge in [0.25, 0.3) is 5.91 Å². The van der Waals surface area contributed by atoms with Crippen LogP contribution in [0.3, 0.4) is 0 Å². The number of anilines is 1. The Hall–Kier alpha value is -1.60. The van der Waals surface area contributed by atoms with Crippen molar-refractivity contribution in [1.29, 1.82) is 0 Å². The lowest BCUT2D eigenvalue weighted by molar-refractivity contribution is 0.0232. The van der Waals surface area contributed by atoms with Crippen LogP contribution in [-0.2, 0) is 9.84 Å². The zero-order valence-corrected chi connectivity index (χ0v) is 15.3. The van der Waals surface area contributed by atoms with E-state index in [1.165, 1.54) is 0 Å². The monoisotopic (exact) mass is 366 g/mol. The average molecular weight is 366 g/mol. The Morgan fingerprint density at radius 1 is 1.32 bits per heavy atom. The topological polar surface area (TPSA) is 86.7 Å². The molecule has 0 unspecified atom stereocenters. The van der Waals surface area contributed by atoms with Gasteiger partial charge in [0.05, 0.1) is 17.6 Å². The fourth-order valence-corrected chi connectivity index (χ4v) is 4.78. The second-order valence-corrected chi connectivity index (χ2v) is 9.37. The van der Waals surface area contributed by atoms with Crippen molar-refractivity contribution < 1.29 is 18.3 Å². The smallest absolute Gasteiger partial charge is 0.251 e. The molecule has 0 aromatic heterocycles. The molecule has 138 valence electrons. The highest BCUT2D eigenvalue weighted by Crippen LogP contribution is 2.31. The van der Waals surface area contributed by atoms with E-state index in [2.05, 4.69) is 5.32 Å². The number of rotatable bonds is 5. The van der Waals surface area contributed by atoms with Crippen molar-refractivity contribution >= 4 is 21.4 Å². The van der Waals surface area contributed by atoms with Crippen LogP contribution in [0.2, 0.25) is 0 Å². The van der Waals surface area contributed by atoms with E-state index in [0.717, 1.165) is 24.9 Å². The molecule has 1 aliphatic heterocycles. The molecular weight excluding hydrogens is 340 g/mol. The molecule has 2 N–H and O–H groups in total. The number of hydrogen-bond donors (Lipinski definition) is 2. The van der Waals surface area contributed by atoms with Crippen molar-refractivity contribution in [2.45, 2.75) is 38.3 Å². The van der Waals surface area contributed by atoms with Crippen molar-refractivity contribution in [3.63, 3.8) is 0 Å². The van der Waals surface area contributed by atoms with E-state index >= 15 is 0 Å². The van der Waals surface area contributed by atoms with Crippen LogP contribution in [0.5, 0.6) is 0 Å². The minimum Gasteiger partial charge on any atom is -0.393 e.